The van der Waals surface area contributed by atoms with Gasteiger partial charge in [0.05, 0.1) is 14.1 Å². The first kappa shape index (κ1) is 38.0. The highest BCUT2D eigenvalue weighted by molar-refractivity contribution is 6.80. The van der Waals surface area contributed by atoms with Crippen LogP contribution < -0.4 is 4.90 Å². The normalized spacial score (nSPS) is 16.3. The zero-order chi connectivity index (χ0) is 30.3. The molecule has 0 fully saturated rings. The molecular weight excluding hydrogens is 497 g/mol. The van der Waals surface area contributed by atoms with E-state index in [1.165, 1.54) is 90.7 Å². The van der Waals surface area contributed by atoms with Gasteiger partial charge in [0.15, 0.2) is 11.6 Å². The minimum Gasteiger partial charge on any atom is -0.302 e. The molecule has 1 aromatic carbocycles. The smallest absolute Gasteiger partial charge is 0.225 e. The molecule has 39 heavy (non-hydrogen) atoms. The van der Waals surface area contributed by atoms with Gasteiger partial charge in [-0.15, -0.1) is 0 Å². The van der Waals surface area contributed by atoms with Crippen LogP contribution in [-0.2, 0) is 0 Å². The van der Waals surface area contributed by atoms with Crippen molar-refractivity contribution in [2.24, 2.45) is 23.7 Å². The van der Waals surface area contributed by atoms with Crippen molar-refractivity contribution in [1.29, 1.82) is 0 Å². The maximum absolute atomic E-state index is 13.3. The van der Waals surface area contributed by atoms with Gasteiger partial charge in [0.1, 0.15) is 0 Å². The number of nitrogens with one attached hydrogen (secondary N) is 1. The molecule has 230 valence electrons. The topological polar surface area (TPSA) is 4.44 Å². The lowest BCUT2D eigenvalue weighted by molar-refractivity contribution is -0.789. The largest absolute Gasteiger partial charge is 0.302 e. The van der Waals surface area contributed by atoms with Gasteiger partial charge in [0.25, 0.3) is 0 Å². The van der Waals surface area contributed by atoms with Gasteiger partial charge in [0, 0.05) is 11.7 Å². The summed E-state index contributed by atoms with van der Waals surface area (Å²) >= 11 is 0. The molecule has 0 saturated heterocycles. The average molecular weight is 560 g/mol. The van der Waals surface area contributed by atoms with E-state index in [0.717, 1.165) is 30.6 Å². The Morgan fingerprint density at radius 2 is 0.846 bits per heavy atom. The quantitative estimate of drug-likeness (QED) is 0.0838. The van der Waals surface area contributed by atoms with Crippen LogP contribution in [0.2, 0.25) is 25.3 Å². The summed E-state index contributed by atoms with van der Waals surface area (Å²) in [5.41, 5.74) is -0.985. The summed E-state index contributed by atoms with van der Waals surface area (Å²) in [5, 5.41) is 0. The van der Waals surface area contributed by atoms with Crippen LogP contribution in [0.4, 0.5) is 23.2 Å². The molecule has 0 spiro atoms. The summed E-state index contributed by atoms with van der Waals surface area (Å²) in [6.45, 7) is 20.7. The Morgan fingerprint density at radius 1 is 0.538 bits per heavy atom. The number of hydrogen-bond acceptors (Lipinski definition) is 0. The number of quaternary nitrogens is 1. The standard InChI is InChI=1S/C24H52B.C9H9F4N/c1-9-13-21(5)17-25(18-22(6)14-10-2,19-23(7)15-11-3)20-24(8)16-12-4;1-4-5(10)7(12)8(13)9(6(4)11)14(2)3/h21-24H,9-20H2,1-8H3;1-3H3/q-1;/p+1. The Bertz CT molecular complexity index is 723. The Morgan fingerprint density at radius 3 is 1.10 bits per heavy atom. The zero-order valence-corrected chi connectivity index (χ0v) is 27.4. The van der Waals surface area contributed by atoms with Gasteiger partial charge in [-0.25, -0.2) is 8.78 Å². The molecule has 0 aliphatic heterocycles. The van der Waals surface area contributed by atoms with E-state index >= 15 is 0 Å². The molecule has 0 saturated carbocycles. The van der Waals surface area contributed by atoms with Crippen molar-refractivity contribution in [2.45, 2.75) is 139 Å². The first-order valence-corrected chi connectivity index (χ1v) is 16.0. The molecule has 0 aliphatic rings. The van der Waals surface area contributed by atoms with E-state index in [-0.39, 0.29) is 11.0 Å². The monoisotopic (exact) mass is 559 g/mol. The lowest BCUT2D eigenvalue weighted by Gasteiger charge is -2.47. The molecule has 0 radical (unpaired) electrons. The Labute approximate surface area is 239 Å². The van der Waals surface area contributed by atoms with Crippen molar-refractivity contribution in [1.82, 2.24) is 0 Å². The molecule has 1 rings (SSSR count). The second-order valence-electron chi connectivity index (χ2n) is 13.5. The first-order chi connectivity index (χ1) is 18.2. The van der Waals surface area contributed by atoms with Crippen LogP contribution in [0.1, 0.15) is 112 Å². The van der Waals surface area contributed by atoms with Crippen molar-refractivity contribution in [3.63, 3.8) is 0 Å². The summed E-state index contributed by atoms with van der Waals surface area (Å²) in [6, 6.07) is 0. The summed E-state index contributed by atoms with van der Waals surface area (Å²) < 4.78 is 52.1. The number of rotatable bonds is 17. The lowest BCUT2D eigenvalue weighted by atomic mass is 9.14. The molecule has 0 aromatic heterocycles. The van der Waals surface area contributed by atoms with Crippen molar-refractivity contribution in [3.05, 3.63) is 28.8 Å². The maximum Gasteiger partial charge on any atom is 0.225 e. The fourth-order valence-corrected chi connectivity index (χ4v) is 7.62. The molecule has 4 unspecified atom stereocenters. The van der Waals surface area contributed by atoms with Crippen LogP contribution >= 0.6 is 0 Å². The first-order valence-electron chi connectivity index (χ1n) is 16.0. The van der Waals surface area contributed by atoms with Gasteiger partial charge < -0.3 is 4.90 Å². The van der Waals surface area contributed by atoms with E-state index in [9.17, 15) is 17.6 Å². The third kappa shape index (κ3) is 13.0. The van der Waals surface area contributed by atoms with E-state index in [1.54, 1.807) is 0 Å². The summed E-state index contributed by atoms with van der Waals surface area (Å²) in [7, 11) is 2.86. The second kappa shape index (κ2) is 19.2. The predicted molar refractivity (Wildman–Crippen MR) is 165 cm³/mol. The van der Waals surface area contributed by atoms with Gasteiger partial charge in [0.2, 0.25) is 17.3 Å². The van der Waals surface area contributed by atoms with Crippen molar-refractivity contribution in [3.8, 4) is 0 Å². The highest BCUT2D eigenvalue weighted by Gasteiger charge is 2.31. The molecule has 0 heterocycles. The van der Waals surface area contributed by atoms with Gasteiger partial charge in [-0.2, -0.15) is 34.1 Å². The maximum atomic E-state index is 13.3. The van der Waals surface area contributed by atoms with Crippen LogP contribution in [0.3, 0.4) is 0 Å². The Kier molecular flexibility index (Phi) is 18.6. The zero-order valence-electron chi connectivity index (χ0n) is 27.4. The summed E-state index contributed by atoms with van der Waals surface area (Å²) in [5.74, 6) is -1.93. The van der Waals surface area contributed by atoms with Crippen molar-refractivity contribution >= 4 is 11.8 Å². The second-order valence-corrected chi connectivity index (χ2v) is 13.5. The average Bonchev–Trinajstić information content (AvgIpc) is 2.82. The van der Waals surface area contributed by atoms with Gasteiger partial charge in [-0.1, -0.05) is 130 Å². The molecule has 6 heteroatoms. The summed E-state index contributed by atoms with van der Waals surface area (Å²) in [6.07, 6.45) is 17.0. The number of benzene rings is 1. The third-order valence-corrected chi connectivity index (χ3v) is 8.72. The molecule has 0 bridgehead atoms. The molecule has 4 atom stereocenters. The third-order valence-electron chi connectivity index (χ3n) is 8.72. The van der Waals surface area contributed by atoms with E-state index in [1.807, 2.05) is 0 Å². The minimum atomic E-state index is -1.62. The van der Waals surface area contributed by atoms with E-state index < -0.39 is 34.5 Å². The van der Waals surface area contributed by atoms with Crippen LogP contribution in [0.15, 0.2) is 0 Å². The van der Waals surface area contributed by atoms with E-state index in [2.05, 4.69) is 55.4 Å². The molecule has 0 aliphatic carbocycles. The number of halogens is 4. The van der Waals surface area contributed by atoms with Crippen LogP contribution in [-0.4, -0.2) is 20.2 Å². The Hall–Kier alpha value is -1.04. The number of hydrogen-bond donors (Lipinski definition) is 1. The van der Waals surface area contributed by atoms with Crippen molar-refractivity contribution < 1.29 is 22.5 Å². The van der Waals surface area contributed by atoms with E-state index in [4.69, 9.17) is 0 Å². The molecule has 0 amide bonds. The SMILES string of the molecule is CCCC(C)C[B-](CC(C)CCC)(CC(C)CCC)CC(C)CCC.Cc1c(F)c(F)c(F)c([NH+](C)C)c1F. The fourth-order valence-electron chi connectivity index (χ4n) is 7.62. The van der Waals surface area contributed by atoms with Crippen molar-refractivity contribution in [2.75, 3.05) is 14.1 Å². The van der Waals surface area contributed by atoms with Crippen LogP contribution in [0, 0.1) is 53.9 Å². The molecule has 1 N–H and O–H groups in total. The van der Waals surface area contributed by atoms with Crippen LogP contribution in [0.25, 0.3) is 0 Å². The van der Waals surface area contributed by atoms with Crippen LogP contribution in [0.5, 0.6) is 0 Å². The fraction of sp³-hybridized carbons (Fsp3) is 0.818. The highest BCUT2D eigenvalue weighted by Crippen LogP contribution is 2.41. The van der Waals surface area contributed by atoms with E-state index in [0.29, 0.717) is 0 Å². The lowest BCUT2D eigenvalue weighted by Crippen LogP contribution is -3.01. The molecular formula is C33H62BF4N. The molecule has 1 aromatic rings. The van der Waals surface area contributed by atoms with Gasteiger partial charge in [-0.3, -0.25) is 0 Å². The summed E-state index contributed by atoms with van der Waals surface area (Å²) in [4.78, 5) is 0.266. The molecule has 1 nitrogen and oxygen atoms in total. The van der Waals surface area contributed by atoms with Gasteiger partial charge in [-0.05, 0) is 6.92 Å². The highest BCUT2D eigenvalue weighted by atomic mass is 19.2. The van der Waals surface area contributed by atoms with Gasteiger partial charge >= 0.3 is 0 Å². The Balaban J connectivity index is 0.000000864. The minimum absolute atomic E-state index is 0.214. The predicted octanol–water partition coefficient (Wildman–Crippen LogP) is 10.5.